The molecule has 0 saturated carbocycles. The van der Waals surface area contributed by atoms with Crippen molar-refractivity contribution in [1.29, 1.82) is 0 Å². The number of nitro groups is 1. The highest BCUT2D eigenvalue weighted by Gasteiger charge is 2.36. The van der Waals surface area contributed by atoms with Crippen LogP contribution in [0.25, 0.3) is 0 Å². The summed E-state index contributed by atoms with van der Waals surface area (Å²) >= 11 is 0. The lowest BCUT2D eigenvalue weighted by molar-refractivity contribution is -0.383. The molecule has 0 bridgehead atoms. The standard InChI is InChI=1S/C20H21N7O6/c21-16(29)10-5-7-26(8-6-10)20-24-17-15(19(31)25-20)11(9-14(28)23-17)18(30)22-12-3-1-2-4-13(12)27(32)33/h1-4,10-11H,5-9H2,(H2,21,29)(H,22,30)(H2,23,24,25,28,31)/t11-/m0/s1. The zero-order valence-corrected chi connectivity index (χ0v) is 17.4. The first-order valence-electron chi connectivity index (χ1n) is 10.3. The van der Waals surface area contributed by atoms with Crippen molar-refractivity contribution in [2.45, 2.75) is 25.2 Å². The van der Waals surface area contributed by atoms with Crippen LogP contribution in [-0.2, 0) is 14.4 Å². The van der Waals surface area contributed by atoms with Crippen LogP contribution in [0.5, 0.6) is 0 Å². The molecule has 172 valence electrons. The summed E-state index contributed by atoms with van der Waals surface area (Å²) in [7, 11) is 0. The minimum Gasteiger partial charge on any atom is -0.369 e. The van der Waals surface area contributed by atoms with Crippen molar-refractivity contribution in [1.82, 2.24) is 9.97 Å². The van der Waals surface area contributed by atoms with Gasteiger partial charge in [-0.1, -0.05) is 12.1 Å². The quantitative estimate of drug-likeness (QED) is 0.368. The number of rotatable bonds is 5. The van der Waals surface area contributed by atoms with Gasteiger partial charge in [-0.25, -0.2) is 0 Å². The highest BCUT2D eigenvalue weighted by atomic mass is 16.6. The number of hydrogen-bond acceptors (Lipinski definition) is 8. The number of aromatic nitrogens is 2. The molecule has 0 spiro atoms. The van der Waals surface area contributed by atoms with Crippen LogP contribution in [0.4, 0.5) is 23.1 Å². The number of anilines is 3. The number of nitrogens with one attached hydrogen (secondary N) is 3. The Morgan fingerprint density at radius 1 is 1.21 bits per heavy atom. The lowest BCUT2D eigenvalue weighted by Crippen LogP contribution is -2.41. The Bertz CT molecular complexity index is 1200. The molecular weight excluding hydrogens is 434 g/mol. The van der Waals surface area contributed by atoms with Gasteiger partial charge in [0.2, 0.25) is 23.7 Å². The second kappa shape index (κ2) is 8.68. The average Bonchev–Trinajstić information content (AvgIpc) is 2.78. The number of benzene rings is 1. The number of nitrogens with zero attached hydrogens (tertiary/aromatic N) is 3. The Balaban J connectivity index is 1.61. The van der Waals surface area contributed by atoms with E-state index >= 15 is 0 Å². The second-order valence-electron chi connectivity index (χ2n) is 7.88. The molecule has 0 unspecified atom stereocenters. The summed E-state index contributed by atoms with van der Waals surface area (Å²) in [4.78, 5) is 68.8. The summed E-state index contributed by atoms with van der Waals surface area (Å²) in [6.07, 6.45) is 0.695. The number of carbonyl (C=O) groups is 3. The molecule has 0 radical (unpaired) electrons. The number of carbonyl (C=O) groups excluding carboxylic acids is 3. The Kier molecular flexibility index (Phi) is 5.77. The maximum Gasteiger partial charge on any atom is 0.292 e. The number of amides is 3. The SMILES string of the molecule is NC(=O)C1CCN(c2nc3c(c(=O)[nH]2)[C@@H](C(=O)Nc2ccccc2[N+](=O)[O-])CC(=O)N3)CC1. The Hall–Kier alpha value is -4.29. The van der Waals surface area contributed by atoms with E-state index in [4.69, 9.17) is 5.73 Å². The average molecular weight is 455 g/mol. The fourth-order valence-corrected chi connectivity index (χ4v) is 4.07. The van der Waals surface area contributed by atoms with Gasteiger partial charge in [-0.2, -0.15) is 4.98 Å². The van der Waals surface area contributed by atoms with Gasteiger partial charge in [-0.15, -0.1) is 0 Å². The van der Waals surface area contributed by atoms with E-state index in [-0.39, 0.29) is 47.0 Å². The molecule has 1 fully saturated rings. The molecule has 1 atom stereocenters. The van der Waals surface area contributed by atoms with Crippen molar-refractivity contribution in [3.05, 3.63) is 50.3 Å². The van der Waals surface area contributed by atoms with Gasteiger partial charge in [-0.3, -0.25) is 34.3 Å². The smallest absolute Gasteiger partial charge is 0.292 e. The first-order chi connectivity index (χ1) is 15.7. The van der Waals surface area contributed by atoms with Crippen molar-refractivity contribution in [3.8, 4) is 0 Å². The van der Waals surface area contributed by atoms with Crippen molar-refractivity contribution >= 4 is 40.9 Å². The van der Waals surface area contributed by atoms with Crippen LogP contribution < -0.4 is 26.8 Å². The van der Waals surface area contributed by atoms with Crippen LogP contribution in [0.3, 0.4) is 0 Å². The van der Waals surface area contributed by atoms with E-state index < -0.39 is 28.2 Å². The summed E-state index contributed by atoms with van der Waals surface area (Å²) in [6, 6.07) is 5.58. The predicted molar refractivity (Wildman–Crippen MR) is 117 cm³/mol. The van der Waals surface area contributed by atoms with Gasteiger partial charge < -0.3 is 21.3 Å². The van der Waals surface area contributed by atoms with Crippen LogP contribution in [0.2, 0.25) is 0 Å². The first kappa shape index (κ1) is 21.9. The summed E-state index contributed by atoms with van der Waals surface area (Å²) < 4.78 is 0. The molecule has 33 heavy (non-hydrogen) atoms. The molecule has 3 heterocycles. The maximum absolute atomic E-state index is 12.9. The zero-order chi connectivity index (χ0) is 23.7. The highest BCUT2D eigenvalue weighted by molar-refractivity contribution is 6.05. The Morgan fingerprint density at radius 2 is 1.91 bits per heavy atom. The van der Waals surface area contributed by atoms with Crippen LogP contribution >= 0.6 is 0 Å². The van der Waals surface area contributed by atoms with Gasteiger partial charge in [0.25, 0.3) is 11.2 Å². The minimum absolute atomic E-state index is 0.0264. The van der Waals surface area contributed by atoms with Crippen LogP contribution in [-0.4, -0.2) is 45.7 Å². The zero-order valence-electron chi connectivity index (χ0n) is 17.4. The normalized spacial score (nSPS) is 18.2. The fourth-order valence-electron chi connectivity index (χ4n) is 4.07. The second-order valence-corrected chi connectivity index (χ2v) is 7.88. The van der Waals surface area contributed by atoms with Crippen molar-refractivity contribution < 1.29 is 19.3 Å². The number of nitro benzene ring substituents is 1. The molecule has 1 aromatic carbocycles. The predicted octanol–water partition coefficient (Wildman–Crippen LogP) is 0.444. The lowest BCUT2D eigenvalue weighted by atomic mass is 9.92. The molecule has 13 heteroatoms. The summed E-state index contributed by atoms with van der Waals surface area (Å²) in [5.41, 5.74) is 4.37. The van der Waals surface area contributed by atoms with E-state index in [1.54, 1.807) is 4.90 Å². The van der Waals surface area contributed by atoms with Crippen molar-refractivity contribution in [2.24, 2.45) is 11.7 Å². The molecule has 3 amide bonds. The largest absolute Gasteiger partial charge is 0.369 e. The number of hydrogen-bond donors (Lipinski definition) is 4. The fraction of sp³-hybridized carbons (Fsp3) is 0.350. The number of fused-ring (bicyclic) bond motifs is 1. The van der Waals surface area contributed by atoms with Gasteiger partial charge in [0.1, 0.15) is 11.5 Å². The summed E-state index contributed by atoms with van der Waals surface area (Å²) in [5, 5.41) is 16.2. The van der Waals surface area contributed by atoms with Crippen LogP contribution in [0.1, 0.15) is 30.7 Å². The van der Waals surface area contributed by atoms with Gasteiger partial charge in [0, 0.05) is 31.5 Å². The summed E-state index contributed by atoms with van der Waals surface area (Å²) in [5.74, 6) is -2.88. The number of nitrogens with two attached hydrogens (primary N) is 1. The van der Waals surface area contributed by atoms with Gasteiger partial charge in [0.15, 0.2) is 0 Å². The maximum atomic E-state index is 12.9. The third kappa shape index (κ3) is 4.37. The van der Waals surface area contributed by atoms with Crippen molar-refractivity contribution in [2.75, 3.05) is 28.6 Å². The minimum atomic E-state index is -1.18. The van der Waals surface area contributed by atoms with E-state index in [1.807, 2.05) is 0 Å². The molecule has 5 N–H and O–H groups in total. The third-order valence-corrected chi connectivity index (χ3v) is 5.81. The molecule has 1 aromatic heterocycles. The summed E-state index contributed by atoms with van der Waals surface area (Å²) in [6.45, 7) is 0.871. The van der Waals surface area contributed by atoms with Gasteiger partial charge >= 0.3 is 0 Å². The molecule has 1 saturated heterocycles. The molecule has 2 aliphatic heterocycles. The molecule has 2 aromatic rings. The number of piperidine rings is 1. The lowest BCUT2D eigenvalue weighted by Gasteiger charge is -2.32. The molecule has 0 aliphatic carbocycles. The molecular formula is C20H21N7O6. The molecule has 13 nitrogen and oxygen atoms in total. The molecule has 4 rings (SSSR count). The first-order valence-corrected chi connectivity index (χ1v) is 10.3. The number of H-pyrrole nitrogens is 1. The molecule has 2 aliphatic rings. The Labute approximate surface area is 186 Å². The van der Waals surface area contributed by atoms with E-state index in [0.29, 0.717) is 25.9 Å². The van der Waals surface area contributed by atoms with E-state index in [0.717, 1.165) is 0 Å². The monoisotopic (exact) mass is 455 g/mol. The van der Waals surface area contributed by atoms with E-state index in [1.165, 1.54) is 24.3 Å². The van der Waals surface area contributed by atoms with Crippen LogP contribution in [0, 0.1) is 16.0 Å². The van der Waals surface area contributed by atoms with Crippen LogP contribution in [0.15, 0.2) is 29.1 Å². The van der Waals surface area contributed by atoms with Gasteiger partial charge in [0.05, 0.1) is 16.4 Å². The topological polar surface area (TPSA) is 193 Å². The number of para-hydroxylation sites is 2. The van der Waals surface area contributed by atoms with E-state index in [2.05, 4.69) is 20.6 Å². The number of aromatic amines is 1. The third-order valence-electron chi connectivity index (χ3n) is 5.81. The Morgan fingerprint density at radius 3 is 2.58 bits per heavy atom. The van der Waals surface area contributed by atoms with Crippen molar-refractivity contribution in [3.63, 3.8) is 0 Å². The van der Waals surface area contributed by atoms with E-state index in [9.17, 15) is 29.3 Å². The van der Waals surface area contributed by atoms with Gasteiger partial charge in [-0.05, 0) is 18.9 Å². The highest BCUT2D eigenvalue weighted by Crippen LogP contribution is 2.32. The number of primary amides is 1.